The fourth-order valence-corrected chi connectivity index (χ4v) is 5.39. The number of ether oxygens (including phenoxy) is 3. The zero-order valence-electron chi connectivity index (χ0n) is 22.1. The Morgan fingerprint density at radius 1 is 1.00 bits per heavy atom. The predicted molar refractivity (Wildman–Crippen MR) is 146 cm³/mol. The molecule has 0 saturated heterocycles. The van der Waals surface area contributed by atoms with E-state index in [9.17, 15) is 14.4 Å². The van der Waals surface area contributed by atoms with Gasteiger partial charge in [0.1, 0.15) is 33.1 Å². The SMILES string of the molecule is CCCc1ccc2c(c1)C(COC(=O)NCC(=O)NCOCC(=O)OCC13C=CC=C[C@@H]1C3)c1ccccc1-2. The highest BCUT2D eigenvalue weighted by molar-refractivity contribution is 5.82. The number of fused-ring (bicyclic) bond motifs is 4. The summed E-state index contributed by atoms with van der Waals surface area (Å²) >= 11 is 0. The molecule has 0 heterocycles. The van der Waals surface area contributed by atoms with Crippen LogP contribution >= 0.6 is 0 Å². The van der Waals surface area contributed by atoms with Crippen molar-refractivity contribution in [2.75, 3.05) is 33.1 Å². The molecule has 2 amide bonds. The largest absolute Gasteiger partial charge is 0.463 e. The Balaban J connectivity index is 1.00. The van der Waals surface area contributed by atoms with Gasteiger partial charge in [-0.3, -0.25) is 4.79 Å². The highest BCUT2D eigenvalue weighted by Gasteiger charge is 2.52. The van der Waals surface area contributed by atoms with E-state index < -0.39 is 18.0 Å². The monoisotopic (exact) mass is 530 g/mol. The van der Waals surface area contributed by atoms with Gasteiger partial charge in [-0.2, -0.15) is 0 Å². The van der Waals surface area contributed by atoms with E-state index in [1.165, 1.54) is 11.1 Å². The van der Waals surface area contributed by atoms with Crippen LogP contribution in [-0.4, -0.2) is 51.1 Å². The van der Waals surface area contributed by atoms with Gasteiger partial charge in [-0.25, -0.2) is 9.59 Å². The highest BCUT2D eigenvalue weighted by Crippen LogP contribution is 2.56. The number of esters is 1. The molecule has 0 bridgehead atoms. The molecule has 5 rings (SSSR count). The second-order valence-corrected chi connectivity index (χ2v) is 10.3. The summed E-state index contributed by atoms with van der Waals surface area (Å²) in [7, 11) is 0. The zero-order chi connectivity index (χ0) is 27.2. The van der Waals surface area contributed by atoms with Crippen molar-refractivity contribution in [1.29, 1.82) is 0 Å². The van der Waals surface area contributed by atoms with E-state index >= 15 is 0 Å². The summed E-state index contributed by atoms with van der Waals surface area (Å²) in [5.41, 5.74) is 5.83. The van der Waals surface area contributed by atoms with E-state index in [1.54, 1.807) is 0 Å². The van der Waals surface area contributed by atoms with Crippen molar-refractivity contribution in [3.8, 4) is 11.1 Å². The molecule has 39 heavy (non-hydrogen) atoms. The van der Waals surface area contributed by atoms with Crippen LogP contribution in [0.25, 0.3) is 11.1 Å². The van der Waals surface area contributed by atoms with Crippen LogP contribution in [0.3, 0.4) is 0 Å². The second-order valence-electron chi connectivity index (χ2n) is 10.3. The Labute approximate surface area is 228 Å². The zero-order valence-corrected chi connectivity index (χ0v) is 22.1. The highest BCUT2D eigenvalue weighted by atomic mass is 16.6. The quantitative estimate of drug-likeness (QED) is 0.242. The van der Waals surface area contributed by atoms with Gasteiger partial charge in [0.15, 0.2) is 0 Å². The van der Waals surface area contributed by atoms with Crippen LogP contribution in [0.4, 0.5) is 4.79 Å². The molecule has 3 atom stereocenters. The molecular formula is C31H34N2O6. The van der Waals surface area contributed by atoms with Gasteiger partial charge in [-0.05, 0) is 46.6 Å². The fourth-order valence-electron chi connectivity index (χ4n) is 5.39. The standard InChI is InChI=1S/C31H34N2O6/c1-2-7-21-11-12-25-23-9-3-4-10-24(23)27(26(25)14-21)17-38-30(36)32-16-28(34)33-20-37-18-29(35)39-19-31-13-6-5-8-22(31)15-31/h3-6,8-14,22,27H,2,7,15-20H2,1H3,(H,32,36)(H,33,34)/t22-,27?,31?/m1/s1. The molecule has 204 valence electrons. The summed E-state index contributed by atoms with van der Waals surface area (Å²) in [6.07, 6.45) is 10.6. The lowest BCUT2D eigenvalue weighted by molar-refractivity contribution is -0.151. The molecule has 3 aliphatic carbocycles. The van der Waals surface area contributed by atoms with Crippen LogP contribution < -0.4 is 10.6 Å². The summed E-state index contributed by atoms with van der Waals surface area (Å²) in [6.45, 7) is 1.95. The molecule has 3 aliphatic rings. The van der Waals surface area contributed by atoms with Crippen molar-refractivity contribution in [3.05, 3.63) is 83.5 Å². The number of hydrogen-bond acceptors (Lipinski definition) is 6. The van der Waals surface area contributed by atoms with Crippen LogP contribution in [0, 0.1) is 11.3 Å². The molecule has 1 fully saturated rings. The van der Waals surface area contributed by atoms with Gasteiger partial charge >= 0.3 is 12.1 Å². The minimum Gasteiger partial charge on any atom is -0.463 e. The van der Waals surface area contributed by atoms with Gasteiger partial charge in [-0.15, -0.1) is 0 Å². The molecule has 2 N–H and O–H groups in total. The third-order valence-corrected chi connectivity index (χ3v) is 7.58. The average molecular weight is 531 g/mol. The van der Waals surface area contributed by atoms with Crippen LogP contribution in [0.5, 0.6) is 0 Å². The molecule has 0 aromatic heterocycles. The summed E-state index contributed by atoms with van der Waals surface area (Å²) < 4.78 is 16.0. The smallest absolute Gasteiger partial charge is 0.407 e. The first-order chi connectivity index (χ1) is 19.0. The Kier molecular flexibility index (Phi) is 8.12. The van der Waals surface area contributed by atoms with Gasteiger partial charge in [0.05, 0.1) is 0 Å². The molecule has 8 nitrogen and oxygen atoms in total. The minimum absolute atomic E-state index is 0.0541. The van der Waals surface area contributed by atoms with Crippen molar-refractivity contribution < 1.29 is 28.6 Å². The Bertz CT molecular complexity index is 1300. The van der Waals surface area contributed by atoms with Crippen molar-refractivity contribution in [2.45, 2.75) is 32.1 Å². The molecular weight excluding hydrogens is 496 g/mol. The molecule has 2 aromatic carbocycles. The first-order valence-electron chi connectivity index (χ1n) is 13.5. The summed E-state index contributed by atoms with van der Waals surface area (Å²) in [5, 5.41) is 4.97. The second kappa shape index (κ2) is 11.9. The number of nitrogens with one attached hydrogen (secondary N) is 2. The number of rotatable bonds is 12. The maximum atomic E-state index is 12.3. The summed E-state index contributed by atoms with van der Waals surface area (Å²) in [5.74, 6) is -0.555. The Morgan fingerprint density at radius 3 is 2.69 bits per heavy atom. The van der Waals surface area contributed by atoms with Crippen LogP contribution in [0.2, 0.25) is 0 Å². The topological polar surface area (TPSA) is 103 Å². The molecule has 0 radical (unpaired) electrons. The number of amides is 2. The lowest BCUT2D eigenvalue weighted by atomic mass is 9.95. The lowest BCUT2D eigenvalue weighted by Crippen LogP contribution is -2.38. The summed E-state index contributed by atoms with van der Waals surface area (Å²) in [6, 6.07) is 14.7. The lowest BCUT2D eigenvalue weighted by Gasteiger charge is -2.15. The molecule has 2 aromatic rings. The molecule has 1 saturated carbocycles. The Morgan fingerprint density at radius 2 is 1.85 bits per heavy atom. The first-order valence-corrected chi connectivity index (χ1v) is 13.5. The van der Waals surface area contributed by atoms with Crippen LogP contribution in [0.15, 0.2) is 66.8 Å². The van der Waals surface area contributed by atoms with Crippen LogP contribution in [-0.2, 0) is 30.2 Å². The van der Waals surface area contributed by atoms with Gasteiger partial charge in [0.25, 0.3) is 0 Å². The van der Waals surface area contributed by atoms with E-state index in [2.05, 4.69) is 60.0 Å². The number of benzene rings is 2. The van der Waals surface area contributed by atoms with Crippen molar-refractivity contribution in [2.24, 2.45) is 11.3 Å². The number of carbonyl (C=O) groups is 3. The van der Waals surface area contributed by atoms with Crippen LogP contribution in [0.1, 0.15) is 42.4 Å². The van der Waals surface area contributed by atoms with Gasteiger partial charge < -0.3 is 24.8 Å². The van der Waals surface area contributed by atoms with E-state index in [0.717, 1.165) is 36.0 Å². The van der Waals surface area contributed by atoms with Gasteiger partial charge in [0.2, 0.25) is 5.91 Å². The van der Waals surface area contributed by atoms with E-state index in [-0.39, 0.29) is 37.8 Å². The number of hydrogen-bond donors (Lipinski definition) is 2. The minimum atomic E-state index is -0.672. The van der Waals surface area contributed by atoms with E-state index in [0.29, 0.717) is 12.5 Å². The maximum absolute atomic E-state index is 12.3. The molecule has 8 heteroatoms. The van der Waals surface area contributed by atoms with Gasteiger partial charge in [-0.1, -0.05) is 80.1 Å². The normalized spacial score (nSPS) is 21.4. The number of aryl methyl sites for hydroxylation is 1. The summed E-state index contributed by atoms with van der Waals surface area (Å²) in [4.78, 5) is 36.3. The van der Waals surface area contributed by atoms with Crippen molar-refractivity contribution in [3.63, 3.8) is 0 Å². The number of allylic oxidation sites excluding steroid dienone is 3. The fraction of sp³-hybridized carbons (Fsp3) is 0.387. The van der Waals surface area contributed by atoms with Crippen molar-refractivity contribution in [1.82, 2.24) is 10.6 Å². The van der Waals surface area contributed by atoms with E-state index in [4.69, 9.17) is 14.2 Å². The average Bonchev–Trinajstić information content (AvgIpc) is 3.61. The molecule has 2 unspecified atom stereocenters. The van der Waals surface area contributed by atoms with E-state index in [1.807, 2.05) is 24.3 Å². The number of alkyl carbamates (subject to hydrolysis) is 1. The Hall–Kier alpha value is -3.91. The van der Waals surface area contributed by atoms with Crippen molar-refractivity contribution >= 4 is 18.0 Å². The first kappa shape index (κ1) is 26.7. The number of carbonyl (C=O) groups excluding carboxylic acids is 3. The predicted octanol–water partition coefficient (Wildman–Crippen LogP) is 4.24. The third kappa shape index (κ3) is 6.23. The molecule has 0 aliphatic heterocycles. The maximum Gasteiger partial charge on any atom is 0.407 e. The van der Waals surface area contributed by atoms with Gasteiger partial charge in [0, 0.05) is 11.3 Å². The third-order valence-electron chi connectivity index (χ3n) is 7.58. The molecule has 0 spiro atoms.